The summed E-state index contributed by atoms with van der Waals surface area (Å²) in [5.74, 6) is 0. The van der Waals surface area contributed by atoms with E-state index in [-0.39, 0.29) is 0 Å². The zero-order valence-corrected chi connectivity index (χ0v) is 13.6. The molecular weight excluding hydrogens is 290 g/mol. The summed E-state index contributed by atoms with van der Waals surface area (Å²) in [4.78, 5) is 3.90. The van der Waals surface area contributed by atoms with E-state index in [4.69, 9.17) is 23.8 Å². The number of quaternary nitrogens is 1. The molecule has 2 rings (SSSR count). The Morgan fingerprint density at radius 1 is 1.30 bits per heavy atom. The van der Waals surface area contributed by atoms with Crippen LogP contribution < -0.4 is 10.2 Å². The molecule has 20 heavy (non-hydrogen) atoms. The van der Waals surface area contributed by atoms with E-state index in [9.17, 15) is 0 Å². The average Bonchev–Trinajstić information content (AvgIpc) is 2.48. The van der Waals surface area contributed by atoms with E-state index < -0.39 is 0 Å². The molecule has 1 heterocycles. The van der Waals surface area contributed by atoms with Crippen molar-refractivity contribution in [2.24, 2.45) is 0 Å². The number of hydrogen-bond acceptors (Lipinski definition) is 1. The van der Waals surface area contributed by atoms with Gasteiger partial charge in [-0.3, -0.25) is 0 Å². The van der Waals surface area contributed by atoms with Gasteiger partial charge in [-0.05, 0) is 30.8 Å². The van der Waals surface area contributed by atoms with Crippen LogP contribution in [0.5, 0.6) is 0 Å². The largest absolute Gasteiger partial charge is 0.363 e. The summed E-state index contributed by atoms with van der Waals surface area (Å²) in [6.07, 6.45) is 1.11. The van der Waals surface area contributed by atoms with Gasteiger partial charge in [-0.15, -0.1) is 0 Å². The minimum atomic E-state index is 0.806. The Labute approximate surface area is 131 Å². The first-order chi connectivity index (χ1) is 9.69. The zero-order chi connectivity index (χ0) is 14.4. The van der Waals surface area contributed by atoms with E-state index in [1.165, 1.54) is 5.56 Å². The van der Waals surface area contributed by atoms with Crippen molar-refractivity contribution in [1.82, 2.24) is 10.2 Å². The van der Waals surface area contributed by atoms with E-state index in [0.29, 0.717) is 0 Å². The molecule has 1 aromatic rings. The molecule has 1 aromatic carbocycles. The normalized spacial score (nSPS) is 16.2. The lowest BCUT2D eigenvalue weighted by atomic mass is 10.2. The quantitative estimate of drug-likeness (QED) is 0.818. The molecule has 2 N–H and O–H groups in total. The molecule has 0 aliphatic carbocycles. The Kier molecular flexibility index (Phi) is 6.07. The number of halogens is 1. The molecule has 0 radical (unpaired) electrons. The summed E-state index contributed by atoms with van der Waals surface area (Å²) in [5, 5.41) is 5.03. The smallest absolute Gasteiger partial charge is 0.169 e. The molecule has 0 unspecified atom stereocenters. The predicted octanol–water partition coefficient (Wildman–Crippen LogP) is 1.33. The molecule has 3 nitrogen and oxygen atoms in total. The van der Waals surface area contributed by atoms with Gasteiger partial charge in [0.05, 0.1) is 26.2 Å². The Morgan fingerprint density at radius 2 is 1.95 bits per heavy atom. The number of piperazine rings is 1. The van der Waals surface area contributed by atoms with Gasteiger partial charge >= 0.3 is 0 Å². The highest BCUT2D eigenvalue weighted by molar-refractivity contribution is 7.80. The van der Waals surface area contributed by atoms with Gasteiger partial charge in [-0.1, -0.05) is 30.7 Å². The lowest BCUT2D eigenvalue weighted by Gasteiger charge is -2.33. The fourth-order valence-electron chi connectivity index (χ4n) is 2.44. The van der Waals surface area contributed by atoms with Crippen LogP contribution in [-0.4, -0.2) is 42.7 Å². The Hall–Kier alpha value is -0.840. The van der Waals surface area contributed by atoms with Gasteiger partial charge in [-0.2, -0.15) is 0 Å². The molecule has 0 bridgehead atoms. The van der Waals surface area contributed by atoms with Gasteiger partial charge in [0.15, 0.2) is 5.11 Å². The van der Waals surface area contributed by atoms with Crippen LogP contribution in [0.2, 0.25) is 5.02 Å². The third-order valence-electron chi connectivity index (χ3n) is 3.65. The maximum atomic E-state index is 5.92. The summed E-state index contributed by atoms with van der Waals surface area (Å²) in [6.45, 7) is 8.55. The van der Waals surface area contributed by atoms with Gasteiger partial charge in [0, 0.05) is 17.1 Å². The molecular formula is C15H23ClN3S+. The van der Waals surface area contributed by atoms with E-state index >= 15 is 0 Å². The van der Waals surface area contributed by atoms with Crippen molar-refractivity contribution >= 4 is 28.9 Å². The van der Waals surface area contributed by atoms with Gasteiger partial charge in [-0.25, -0.2) is 0 Å². The second kappa shape index (κ2) is 7.81. The molecule has 1 fully saturated rings. The van der Waals surface area contributed by atoms with E-state index in [1.807, 2.05) is 12.1 Å². The number of hydrogen-bond donors (Lipinski definition) is 2. The molecule has 0 atom stereocenters. The predicted molar refractivity (Wildman–Crippen MR) is 88.3 cm³/mol. The molecule has 0 aromatic heterocycles. The van der Waals surface area contributed by atoms with Crippen LogP contribution in [0.15, 0.2) is 24.3 Å². The standard InChI is InChI=1S/C15H22ClN3S/c1-2-7-17-15(20)19-10-8-18(9-11-19)12-13-3-5-14(16)6-4-13/h3-6H,2,7-12H2,1H3,(H,17,20)/p+1. The first-order valence-electron chi connectivity index (χ1n) is 7.30. The summed E-state index contributed by atoms with van der Waals surface area (Å²) < 4.78 is 0. The van der Waals surface area contributed by atoms with Crippen molar-refractivity contribution in [3.63, 3.8) is 0 Å². The Balaban J connectivity index is 1.76. The first kappa shape index (κ1) is 15.5. The second-order valence-corrected chi connectivity index (χ2v) is 6.10. The number of nitrogens with zero attached hydrogens (tertiary/aromatic N) is 1. The third-order valence-corrected chi connectivity index (χ3v) is 4.31. The minimum Gasteiger partial charge on any atom is -0.363 e. The van der Waals surface area contributed by atoms with Crippen molar-refractivity contribution in [2.45, 2.75) is 19.9 Å². The SMILES string of the molecule is CCCNC(=S)N1CC[NH+](Cc2ccc(Cl)cc2)CC1. The lowest BCUT2D eigenvalue weighted by molar-refractivity contribution is -0.917. The van der Waals surface area contributed by atoms with E-state index in [2.05, 4.69) is 29.3 Å². The lowest BCUT2D eigenvalue weighted by Crippen LogP contribution is -3.13. The van der Waals surface area contributed by atoms with Crippen LogP contribution in [0.4, 0.5) is 0 Å². The molecule has 0 amide bonds. The van der Waals surface area contributed by atoms with Crippen LogP contribution in [0.1, 0.15) is 18.9 Å². The fraction of sp³-hybridized carbons (Fsp3) is 0.533. The highest BCUT2D eigenvalue weighted by atomic mass is 35.5. The van der Waals surface area contributed by atoms with Crippen molar-refractivity contribution in [3.05, 3.63) is 34.9 Å². The second-order valence-electron chi connectivity index (χ2n) is 5.27. The fourth-order valence-corrected chi connectivity index (χ4v) is 2.85. The zero-order valence-electron chi connectivity index (χ0n) is 12.0. The van der Waals surface area contributed by atoms with Crippen LogP contribution >= 0.6 is 23.8 Å². The average molecular weight is 313 g/mol. The van der Waals surface area contributed by atoms with Crippen LogP contribution in [0.25, 0.3) is 0 Å². The number of rotatable bonds is 4. The molecule has 1 aliphatic heterocycles. The monoisotopic (exact) mass is 312 g/mol. The topological polar surface area (TPSA) is 19.7 Å². The van der Waals surface area contributed by atoms with Crippen LogP contribution in [0, 0.1) is 0 Å². The molecule has 110 valence electrons. The van der Waals surface area contributed by atoms with Gasteiger partial charge in [0.2, 0.25) is 0 Å². The van der Waals surface area contributed by atoms with Gasteiger partial charge < -0.3 is 15.1 Å². The molecule has 1 saturated heterocycles. The highest BCUT2D eigenvalue weighted by Crippen LogP contribution is 2.08. The number of thiocarbonyl (C=S) groups is 1. The summed E-state index contributed by atoms with van der Waals surface area (Å²) in [7, 11) is 0. The minimum absolute atomic E-state index is 0.806. The van der Waals surface area contributed by atoms with Gasteiger partial charge in [0.1, 0.15) is 6.54 Å². The maximum Gasteiger partial charge on any atom is 0.169 e. The molecule has 0 saturated carbocycles. The van der Waals surface area contributed by atoms with E-state index in [1.54, 1.807) is 4.90 Å². The van der Waals surface area contributed by atoms with Crippen molar-refractivity contribution in [2.75, 3.05) is 32.7 Å². The first-order valence-corrected chi connectivity index (χ1v) is 8.08. The number of nitrogens with one attached hydrogen (secondary N) is 2. The van der Waals surface area contributed by atoms with Crippen molar-refractivity contribution in [1.29, 1.82) is 0 Å². The van der Waals surface area contributed by atoms with Crippen molar-refractivity contribution < 1.29 is 4.90 Å². The number of benzene rings is 1. The van der Waals surface area contributed by atoms with E-state index in [0.717, 1.165) is 55.8 Å². The molecule has 5 heteroatoms. The van der Waals surface area contributed by atoms with Crippen molar-refractivity contribution in [3.8, 4) is 0 Å². The summed E-state index contributed by atoms with van der Waals surface area (Å²) in [6, 6.07) is 8.18. The summed E-state index contributed by atoms with van der Waals surface area (Å²) in [5.41, 5.74) is 1.35. The highest BCUT2D eigenvalue weighted by Gasteiger charge is 2.21. The van der Waals surface area contributed by atoms with Crippen LogP contribution in [0.3, 0.4) is 0 Å². The Bertz CT molecular complexity index is 427. The third kappa shape index (κ3) is 4.62. The molecule has 1 aliphatic rings. The maximum absolute atomic E-state index is 5.92. The Morgan fingerprint density at radius 3 is 2.55 bits per heavy atom. The van der Waals surface area contributed by atoms with Crippen LogP contribution in [-0.2, 0) is 6.54 Å². The van der Waals surface area contributed by atoms with Gasteiger partial charge in [0.25, 0.3) is 0 Å². The molecule has 0 spiro atoms. The summed E-state index contributed by atoms with van der Waals surface area (Å²) >= 11 is 11.3.